The van der Waals surface area contributed by atoms with Crippen molar-refractivity contribution in [1.82, 2.24) is 10.6 Å². The van der Waals surface area contributed by atoms with Crippen molar-refractivity contribution in [3.05, 3.63) is 21.3 Å². The third-order valence-corrected chi connectivity index (χ3v) is 3.05. The topological polar surface area (TPSA) is 84.2 Å². The van der Waals surface area contributed by atoms with Gasteiger partial charge >= 0.3 is 6.03 Å². The molecule has 16 heavy (non-hydrogen) atoms. The number of primary amides is 1. The number of carbonyl (C=O) groups is 2. The fourth-order valence-corrected chi connectivity index (χ4v) is 2.08. The number of thiophene rings is 1. The molecule has 0 aliphatic heterocycles. The molecule has 0 unspecified atom stereocenters. The first-order chi connectivity index (χ1) is 7.49. The lowest BCUT2D eigenvalue weighted by molar-refractivity contribution is -0.122. The molecule has 3 amide bonds. The highest BCUT2D eigenvalue weighted by atomic mass is 35.5. The van der Waals surface area contributed by atoms with Crippen LogP contribution in [-0.4, -0.2) is 18.0 Å². The van der Waals surface area contributed by atoms with Crippen LogP contribution in [0, 0.1) is 0 Å². The maximum absolute atomic E-state index is 11.4. The second-order valence-corrected chi connectivity index (χ2v) is 4.95. The van der Waals surface area contributed by atoms with Gasteiger partial charge < -0.3 is 16.4 Å². The van der Waals surface area contributed by atoms with Gasteiger partial charge in [0.05, 0.1) is 10.9 Å². The van der Waals surface area contributed by atoms with Crippen LogP contribution in [0.5, 0.6) is 0 Å². The average Bonchev–Trinajstić information content (AvgIpc) is 2.59. The highest BCUT2D eigenvalue weighted by Gasteiger charge is 2.13. The second-order valence-electron chi connectivity index (χ2n) is 3.15. The average molecular weight is 262 g/mol. The van der Waals surface area contributed by atoms with Crippen LogP contribution in [0.15, 0.2) is 12.1 Å². The number of carbonyl (C=O) groups excluding carboxylic acids is 2. The molecule has 1 rings (SSSR count). The molecular weight excluding hydrogens is 250 g/mol. The Labute approximate surface area is 102 Å². The van der Waals surface area contributed by atoms with Gasteiger partial charge in [-0.05, 0) is 19.1 Å². The fraction of sp³-hybridized carbons (Fsp3) is 0.333. The minimum atomic E-state index is -0.721. The Morgan fingerprint density at radius 2 is 2.25 bits per heavy atom. The summed E-state index contributed by atoms with van der Waals surface area (Å²) in [5.41, 5.74) is 4.90. The van der Waals surface area contributed by atoms with Crippen LogP contribution in [0.2, 0.25) is 4.34 Å². The molecular formula is C9H12ClN3O2S. The summed E-state index contributed by atoms with van der Waals surface area (Å²) in [7, 11) is 0. The van der Waals surface area contributed by atoms with E-state index in [2.05, 4.69) is 10.6 Å². The maximum Gasteiger partial charge on any atom is 0.312 e. The number of amides is 3. The molecule has 0 saturated heterocycles. The molecule has 0 aromatic carbocycles. The first-order valence-electron chi connectivity index (χ1n) is 4.57. The number of halogens is 1. The Morgan fingerprint density at radius 3 is 2.75 bits per heavy atom. The van der Waals surface area contributed by atoms with Gasteiger partial charge in [0.25, 0.3) is 0 Å². The van der Waals surface area contributed by atoms with Crippen LogP contribution in [0.1, 0.15) is 11.8 Å². The first kappa shape index (κ1) is 12.8. The van der Waals surface area contributed by atoms with Crippen molar-refractivity contribution < 1.29 is 9.59 Å². The van der Waals surface area contributed by atoms with Gasteiger partial charge in [-0.1, -0.05) is 11.6 Å². The molecule has 0 aliphatic rings. The van der Waals surface area contributed by atoms with E-state index in [1.807, 2.05) is 6.07 Å². The maximum atomic E-state index is 11.4. The molecule has 4 N–H and O–H groups in total. The standard InChI is InChI=1S/C9H12ClN3O2S/c1-5(13-9(11)15)8(14)12-4-6-2-3-7(10)16-6/h2-3,5H,4H2,1H3,(H,12,14)(H3,11,13,15)/t5-/m0/s1. The van der Waals surface area contributed by atoms with E-state index in [1.165, 1.54) is 11.3 Å². The van der Waals surface area contributed by atoms with Crippen LogP contribution in [0.3, 0.4) is 0 Å². The van der Waals surface area contributed by atoms with Gasteiger partial charge in [-0.25, -0.2) is 4.79 Å². The Kier molecular flexibility index (Phi) is 4.57. The number of hydrogen-bond acceptors (Lipinski definition) is 3. The summed E-state index contributed by atoms with van der Waals surface area (Å²) in [6, 6.07) is 2.23. The van der Waals surface area contributed by atoms with Gasteiger partial charge in [0, 0.05) is 4.88 Å². The molecule has 5 nitrogen and oxygen atoms in total. The van der Waals surface area contributed by atoms with Gasteiger partial charge in [0.15, 0.2) is 0 Å². The van der Waals surface area contributed by atoms with Crippen molar-refractivity contribution in [2.75, 3.05) is 0 Å². The van der Waals surface area contributed by atoms with Gasteiger partial charge in [0.2, 0.25) is 5.91 Å². The molecule has 0 radical (unpaired) electrons. The Bertz CT molecular complexity index is 394. The van der Waals surface area contributed by atoms with Crippen molar-refractivity contribution in [3.63, 3.8) is 0 Å². The fourth-order valence-electron chi connectivity index (χ4n) is 1.05. The van der Waals surface area contributed by atoms with E-state index in [9.17, 15) is 9.59 Å². The van der Waals surface area contributed by atoms with Crippen LogP contribution in [-0.2, 0) is 11.3 Å². The Hall–Kier alpha value is -1.27. The molecule has 0 fully saturated rings. The van der Waals surface area contributed by atoms with Gasteiger partial charge in [-0.3, -0.25) is 4.79 Å². The van der Waals surface area contributed by atoms with E-state index >= 15 is 0 Å². The van der Waals surface area contributed by atoms with Crippen molar-refractivity contribution in [2.45, 2.75) is 19.5 Å². The lowest BCUT2D eigenvalue weighted by atomic mass is 10.3. The normalized spacial score (nSPS) is 11.9. The van der Waals surface area contributed by atoms with Crippen molar-refractivity contribution in [2.24, 2.45) is 5.73 Å². The predicted octanol–water partition coefficient (Wildman–Crippen LogP) is 1.07. The van der Waals surface area contributed by atoms with E-state index in [4.69, 9.17) is 17.3 Å². The molecule has 1 atom stereocenters. The van der Waals surface area contributed by atoms with E-state index in [0.717, 1.165) is 4.88 Å². The highest BCUT2D eigenvalue weighted by Crippen LogP contribution is 2.20. The SMILES string of the molecule is C[C@H](NC(N)=O)C(=O)NCc1ccc(Cl)s1. The monoisotopic (exact) mass is 261 g/mol. The lowest BCUT2D eigenvalue weighted by Gasteiger charge is -2.11. The summed E-state index contributed by atoms with van der Waals surface area (Å²) in [4.78, 5) is 22.9. The summed E-state index contributed by atoms with van der Waals surface area (Å²) in [6.07, 6.45) is 0. The molecule has 0 aliphatic carbocycles. The molecule has 0 saturated carbocycles. The number of rotatable bonds is 4. The molecule has 0 spiro atoms. The summed E-state index contributed by atoms with van der Waals surface area (Å²) >= 11 is 7.13. The van der Waals surface area contributed by atoms with Crippen molar-refractivity contribution in [3.8, 4) is 0 Å². The molecule has 7 heteroatoms. The molecule has 1 aromatic rings. The van der Waals surface area contributed by atoms with E-state index in [0.29, 0.717) is 10.9 Å². The lowest BCUT2D eigenvalue weighted by Crippen LogP contribution is -2.46. The zero-order valence-electron chi connectivity index (χ0n) is 8.62. The van der Waals surface area contributed by atoms with Gasteiger partial charge in [0.1, 0.15) is 6.04 Å². The Balaban J connectivity index is 2.37. The first-order valence-corrected chi connectivity index (χ1v) is 5.76. The Morgan fingerprint density at radius 1 is 1.56 bits per heavy atom. The van der Waals surface area contributed by atoms with Crippen LogP contribution >= 0.6 is 22.9 Å². The third kappa shape index (κ3) is 4.08. The van der Waals surface area contributed by atoms with Crippen molar-refractivity contribution in [1.29, 1.82) is 0 Å². The summed E-state index contributed by atoms with van der Waals surface area (Å²) in [6.45, 7) is 1.95. The van der Waals surface area contributed by atoms with Crippen LogP contribution < -0.4 is 16.4 Å². The largest absolute Gasteiger partial charge is 0.352 e. The number of hydrogen-bond donors (Lipinski definition) is 3. The molecule has 0 bridgehead atoms. The zero-order chi connectivity index (χ0) is 12.1. The third-order valence-electron chi connectivity index (χ3n) is 1.82. The summed E-state index contributed by atoms with van der Waals surface area (Å²) < 4.78 is 0.674. The van der Waals surface area contributed by atoms with Gasteiger partial charge in [-0.15, -0.1) is 11.3 Å². The highest BCUT2D eigenvalue weighted by molar-refractivity contribution is 7.16. The van der Waals surface area contributed by atoms with Crippen LogP contribution in [0.25, 0.3) is 0 Å². The summed E-state index contributed by atoms with van der Waals surface area (Å²) in [5.74, 6) is -0.289. The molecule has 1 aromatic heterocycles. The molecule has 1 heterocycles. The predicted molar refractivity (Wildman–Crippen MR) is 63.4 cm³/mol. The second kappa shape index (κ2) is 5.72. The van der Waals surface area contributed by atoms with Crippen LogP contribution in [0.4, 0.5) is 4.79 Å². The van der Waals surface area contributed by atoms with Gasteiger partial charge in [-0.2, -0.15) is 0 Å². The number of nitrogens with one attached hydrogen (secondary N) is 2. The van der Waals surface area contributed by atoms with E-state index < -0.39 is 12.1 Å². The smallest absolute Gasteiger partial charge is 0.312 e. The zero-order valence-corrected chi connectivity index (χ0v) is 10.2. The number of urea groups is 1. The quantitative estimate of drug-likeness (QED) is 0.758. The minimum absolute atomic E-state index is 0.289. The minimum Gasteiger partial charge on any atom is -0.352 e. The molecule has 88 valence electrons. The van der Waals surface area contributed by atoms with E-state index in [1.54, 1.807) is 13.0 Å². The number of nitrogens with two attached hydrogens (primary N) is 1. The van der Waals surface area contributed by atoms with E-state index in [-0.39, 0.29) is 5.91 Å². The van der Waals surface area contributed by atoms with Crippen molar-refractivity contribution >= 4 is 34.9 Å². The summed E-state index contributed by atoms with van der Waals surface area (Å²) in [5, 5.41) is 4.95.